The number of hydrogen-bond acceptors (Lipinski definition) is 2. The smallest absolute Gasteiger partial charge is 0.0914 e. The van der Waals surface area contributed by atoms with E-state index >= 15 is 0 Å². The summed E-state index contributed by atoms with van der Waals surface area (Å²) in [6.07, 6.45) is 0. The van der Waals surface area contributed by atoms with Crippen molar-refractivity contribution in [3.63, 3.8) is 0 Å². The fourth-order valence-electron chi connectivity index (χ4n) is 1.65. The summed E-state index contributed by atoms with van der Waals surface area (Å²) in [7, 11) is 6.61. The molecule has 0 atom stereocenters. The van der Waals surface area contributed by atoms with Gasteiger partial charge in [0.2, 0.25) is 0 Å². The summed E-state index contributed by atoms with van der Waals surface area (Å²) >= 11 is 0. The molecule has 1 rings (SSSR count). The molecule has 0 saturated carbocycles. The Kier molecular flexibility index (Phi) is 3.50. The van der Waals surface area contributed by atoms with E-state index in [1.807, 2.05) is 7.05 Å². The second-order valence-corrected chi connectivity index (χ2v) is 4.20. The highest BCUT2D eigenvalue weighted by Gasteiger charge is 2.25. The van der Waals surface area contributed by atoms with Crippen LogP contribution in [-0.2, 0) is 0 Å². The fourth-order valence-corrected chi connectivity index (χ4v) is 1.65. The van der Waals surface area contributed by atoms with Crippen LogP contribution in [0.2, 0.25) is 0 Å². The quantitative estimate of drug-likeness (QED) is 0.583. The third-order valence-electron chi connectivity index (χ3n) is 2.94. The van der Waals surface area contributed by atoms with Gasteiger partial charge >= 0.3 is 0 Å². The van der Waals surface area contributed by atoms with Crippen LogP contribution in [0, 0.1) is 0 Å². The highest BCUT2D eigenvalue weighted by atomic mass is 15.4. The van der Waals surface area contributed by atoms with E-state index in [9.17, 15) is 0 Å². The van der Waals surface area contributed by atoms with Crippen molar-refractivity contribution >= 4 is 0 Å². The first-order chi connectivity index (χ1) is 5.66. The number of nitrogens with zero attached hydrogens (tertiary/aromatic N) is 2. The Morgan fingerprint density at radius 2 is 1.92 bits per heavy atom. The average molecular weight is 172 g/mol. The molecule has 1 fully saturated rings. The number of piperazine rings is 1. The predicted molar refractivity (Wildman–Crippen MR) is 52.2 cm³/mol. The molecule has 3 nitrogen and oxygen atoms in total. The topological polar surface area (TPSA) is 15.3 Å². The molecule has 0 radical (unpaired) electrons. The van der Waals surface area contributed by atoms with E-state index in [1.165, 1.54) is 37.2 Å². The molecule has 0 spiro atoms. The Labute approximate surface area is 75.9 Å². The maximum Gasteiger partial charge on any atom is 0.0914 e. The lowest BCUT2D eigenvalue weighted by atomic mass is 10.2. The number of hydrogen-bond donors (Lipinski definition) is 1. The molecule has 0 unspecified atom stereocenters. The summed E-state index contributed by atoms with van der Waals surface area (Å²) in [4.78, 5) is 2.42. The molecule has 1 heterocycles. The van der Waals surface area contributed by atoms with Gasteiger partial charge in [-0.05, 0) is 14.1 Å². The minimum atomic E-state index is 1.14. The highest BCUT2D eigenvalue weighted by molar-refractivity contribution is 4.58. The third kappa shape index (κ3) is 2.73. The Balaban J connectivity index is 2.29. The summed E-state index contributed by atoms with van der Waals surface area (Å²) in [5, 5.41) is 3.22. The fraction of sp³-hybridized carbons (Fsp3) is 1.00. The van der Waals surface area contributed by atoms with Crippen LogP contribution in [-0.4, -0.2) is 69.8 Å². The molecule has 1 N–H and O–H groups in total. The highest BCUT2D eigenvalue weighted by Crippen LogP contribution is 2.07. The molecule has 0 amide bonds. The van der Waals surface area contributed by atoms with Crippen LogP contribution in [0.3, 0.4) is 0 Å². The zero-order chi connectivity index (χ0) is 9.03. The van der Waals surface area contributed by atoms with E-state index in [2.05, 4.69) is 24.3 Å². The van der Waals surface area contributed by atoms with E-state index in [-0.39, 0.29) is 0 Å². The Morgan fingerprint density at radius 3 is 2.42 bits per heavy atom. The molecule has 0 aromatic carbocycles. The number of likely N-dealkylation sites (N-methyl/N-ethyl adjacent to an activating group) is 3. The van der Waals surface area contributed by atoms with Crippen LogP contribution >= 0.6 is 0 Å². The molecule has 1 saturated heterocycles. The molecular formula is C9H22N3+. The molecule has 12 heavy (non-hydrogen) atoms. The number of rotatable bonds is 3. The van der Waals surface area contributed by atoms with E-state index in [1.54, 1.807) is 0 Å². The zero-order valence-electron chi connectivity index (χ0n) is 8.64. The van der Waals surface area contributed by atoms with Crippen LogP contribution in [0.1, 0.15) is 0 Å². The lowest BCUT2D eigenvalue weighted by Crippen LogP contribution is -2.58. The van der Waals surface area contributed by atoms with E-state index in [0.29, 0.717) is 0 Å². The normalized spacial score (nSPS) is 24.2. The van der Waals surface area contributed by atoms with Crippen molar-refractivity contribution in [2.24, 2.45) is 0 Å². The van der Waals surface area contributed by atoms with Gasteiger partial charge in [-0.3, -0.25) is 4.90 Å². The third-order valence-corrected chi connectivity index (χ3v) is 2.94. The molecule has 0 aromatic rings. The van der Waals surface area contributed by atoms with Gasteiger partial charge in [0, 0.05) is 19.6 Å². The van der Waals surface area contributed by atoms with Crippen molar-refractivity contribution < 1.29 is 4.48 Å². The summed E-state index contributed by atoms with van der Waals surface area (Å²) in [6, 6.07) is 0. The summed E-state index contributed by atoms with van der Waals surface area (Å²) in [6.45, 7) is 7.52. The van der Waals surface area contributed by atoms with Gasteiger partial charge in [-0.2, -0.15) is 0 Å². The van der Waals surface area contributed by atoms with Crippen molar-refractivity contribution in [1.82, 2.24) is 10.2 Å². The first kappa shape index (κ1) is 9.96. The average Bonchev–Trinajstić information content (AvgIpc) is 2.08. The number of quaternary nitrogens is 1. The van der Waals surface area contributed by atoms with Crippen molar-refractivity contribution in [3.8, 4) is 0 Å². The molecule has 1 aliphatic heterocycles. The van der Waals surface area contributed by atoms with Crippen LogP contribution in [0.25, 0.3) is 0 Å². The van der Waals surface area contributed by atoms with Crippen molar-refractivity contribution in [3.05, 3.63) is 0 Å². The maximum atomic E-state index is 3.22. The zero-order valence-corrected chi connectivity index (χ0v) is 8.64. The minimum Gasteiger partial charge on any atom is -0.323 e. The Morgan fingerprint density at radius 1 is 1.33 bits per heavy atom. The number of nitrogens with one attached hydrogen (secondary N) is 1. The summed E-state index contributed by atoms with van der Waals surface area (Å²) in [5.74, 6) is 0. The van der Waals surface area contributed by atoms with Gasteiger partial charge in [-0.1, -0.05) is 0 Å². The van der Waals surface area contributed by atoms with E-state index in [0.717, 1.165) is 6.54 Å². The van der Waals surface area contributed by atoms with Gasteiger partial charge in [0.25, 0.3) is 0 Å². The lowest BCUT2D eigenvalue weighted by Gasteiger charge is -2.40. The predicted octanol–water partition coefficient (Wildman–Crippen LogP) is -0.402. The van der Waals surface area contributed by atoms with Crippen LogP contribution < -0.4 is 5.32 Å². The SMILES string of the molecule is CNCC[N+]1(C)CCN(C)CC1. The molecule has 3 heteroatoms. The summed E-state index contributed by atoms with van der Waals surface area (Å²) < 4.78 is 1.24. The standard InChI is InChI=1S/C9H22N3/c1-10-4-7-12(3)8-5-11(2)6-9-12/h10H,4-9H2,1-3H3/q+1. The first-order valence-corrected chi connectivity index (χ1v) is 4.83. The second kappa shape index (κ2) is 4.21. The van der Waals surface area contributed by atoms with Crippen molar-refractivity contribution in [1.29, 1.82) is 0 Å². The van der Waals surface area contributed by atoms with Gasteiger partial charge in [0.1, 0.15) is 0 Å². The van der Waals surface area contributed by atoms with E-state index in [4.69, 9.17) is 0 Å². The lowest BCUT2D eigenvalue weighted by molar-refractivity contribution is -0.912. The molecule has 0 aliphatic carbocycles. The van der Waals surface area contributed by atoms with Crippen LogP contribution in [0.4, 0.5) is 0 Å². The Bertz CT molecular complexity index is 122. The monoisotopic (exact) mass is 172 g/mol. The molecule has 72 valence electrons. The molecular weight excluding hydrogens is 150 g/mol. The molecule has 0 aromatic heterocycles. The van der Waals surface area contributed by atoms with Gasteiger partial charge in [-0.25, -0.2) is 0 Å². The Hall–Kier alpha value is -0.120. The largest absolute Gasteiger partial charge is 0.323 e. The van der Waals surface area contributed by atoms with Gasteiger partial charge in [-0.15, -0.1) is 0 Å². The maximum absolute atomic E-state index is 3.22. The second-order valence-electron chi connectivity index (χ2n) is 4.20. The summed E-state index contributed by atoms with van der Waals surface area (Å²) in [5.41, 5.74) is 0. The van der Waals surface area contributed by atoms with Gasteiger partial charge in [0.05, 0.1) is 26.7 Å². The van der Waals surface area contributed by atoms with Crippen molar-refractivity contribution in [2.45, 2.75) is 0 Å². The van der Waals surface area contributed by atoms with Crippen molar-refractivity contribution in [2.75, 3.05) is 60.4 Å². The molecule has 1 aliphatic rings. The first-order valence-electron chi connectivity index (χ1n) is 4.83. The molecule has 0 bridgehead atoms. The van der Waals surface area contributed by atoms with Crippen LogP contribution in [0.5, 0.6) is 0 Å². The minimum absolute atomic E-state index is 1.14. The van der Waals surface area contributed by atoms with E-state index < -0.39 is 0 Å². The van der Waals surface area contributed by atoms with Gasteiger partial charge in [0.15, 0.2) is 0 Å². The van der Waals surface area contributed by atoms with Gasteiger partial charge < -0.3 is 9.80 Å². The van der Waals surface area contributed by atoms with Crippen LogP contribution in [0.15, 0.2) is 0 Å².